The van der Waals surface area contributed by atoms with E-state index in [4.69, 9.17) is 0 Å². The lowest BCUT2D eigenvalue weighted by molar-refractivity contribution is 0.729. The SMILES string of the molecule is BrC(Br)(Br)n1ccc(-c2ccc3ccccc3c2)n1. The van der Waals surface area contributed by atoms with Crippen molar-refractivity contribution in [2.45, 2.75) is 2.27 Å². The fourth-order valence-electron chi connectivity index (χ4n) is 1.97. The van der Waals surface area contributed by atoms with Gasteiger partial charge in [0.05, 0.1) is 5.69 Å². The molecule has 1 aromatic heterocycles. The molecule has 0 bridgehead atoms. The molecule has 2 nitrogen and oxygen atoms in total. The predicted molar refractivity (Wildman–Crippen MR) is 89.9 cm³/mol. The van der Waals surface area contributed by atoms with Crippen LogP contribution in [0.3, 0.4) is 0 Å². The Morgan fingerprint density at radius 1 is 0.895 bits per heavy atom. The van der Waals surface area contributed by atoms with E-state index in [2.05, 4.69) is 83.2 Å². The zero-order valence-electron chi connectivity index (χ0n) is 9.72. The Bertz CT molecular complexity index is 729. The molecule has 3 rings (SSSR count). The molecule has 1 heterocycles. The minimum Gasteiger partial charge on any atom is -0.234 e. The Balaban J connectivity index is 2.07. The van der Waals surface area contributed by atoms with Crippen LogP contribution in [0.2, 0.25) is 0 Å². The van der Waals surface area contributed by atoms with E-state index < -0.39 is 2.27 Å². The molecule has 96 valence electrons. The number of aromatic nitrogens is 2. The lowest BCUT2D eigenvalue weighted by atomic mass is 10.1. The molecule has 0 N–H and O–H groups in total. The highest BCUT2D eigenvalue weighted by atomic mass is 80.0. The van der Waals surface area contributed by atoms with Gasteiger partial charge in [-0.2, -0.15) is 5.10 Å². The van der Waals surface area contributed by atoms with Crippen molar-refractivity contribution in [2.24, 2.45) is 0 Å². The maximum absolute atomic E-state index is 4.53. The molecule has 2 aromatic carbocycles. The lowest BCUT2D eigenvalue weighted by Crippen LogP contribution is -2.10. The molecule has 19 heavy (non-hydrogen) atoms. The fraction of sp³-hybridized carbons (Fsp3) is 0.0714. The van der Waals surface area contributed by atoms with E-state index in [0.29, 0.717) is 0 Å². The third-order valence-corrected chi connectivity index (χ3v) is 3.98. The van der Waals surface area contributed by atoms with Crippen LogP contribution >= 0.6 is 47.8 Å². The minimum atomic E-state index is -0.540. The summed E-state index contributed by atoms with van der Waals surface area (Å²) in [7, 11) is 0. The largest absolute Gasteiger partial charge is 0.234 e. The van der Waals surface area contributed by atoms with Crippen LogP contribution in [0.25, 0.3) is 22.0 Å². The normalized spacial score (nSPS) is 11.9. The molecule has 0 saturated heterocycles. The van der Waals surface area contributed by atoms with Gasteiger partial charge < -0.3 is 0 Å². The van der Waals surface area contributed by atoms with Crippen LogP contribution in [0.1, 0.15) is 0 Å². The van der Waals surface area contributed by atoms with Crippen LogP contribution in [0.4, 0.5) is 0 Å². The van der Waals surface area contributed by atoms with E-state index in [0.717, 1.165) is 11.3 Å². The number of alkyl halides is 3. The summed E-state index contributed by atoms with van der Waals surface area (Å²) in [4.78, 5) is 0. The van der Waals surface area contributed by atoms with E-state index in [1.165, 1.54) is 10.8 Å². The topological polar surface area (TPSA) is 17.8 Å². The molecule has 0 radical (unpaired) electrons. The third kappa shape index (κ3) is 2.78. The summed E-state index contributed by atoms with van der Waals surface area (Å²) in [6.07, 6.45) is 1.91. The summed E-state index contributed by atoms with van der Waals surface area (Å²) < 4.78 is 1.22. The van der Waals surface area contributed by atoms with Crippen LogP contribution in [0, 0.1) is 0 Å². The molecular formula is C14H9Br3N2. The molecule has 0 unspecified atom stereocenters. The zero-order chi connectivity index (χ0) is 13.5. The fourth-order valence-corrected chi connectivity index (χ4v) is 2.56. The Morgan fingerprint density at radius 3 is 2.32 bits per heavy atom. The summed E-state index contributed by atoms with van der Waals surface area (Å²) in [5, 5.41) is 6.99. The van der Waals surface area contributed by atoms with Crippen molar-refractivity contribution < 1.29 is 0 Å². The van der Waals surface area contributed by atoms with E-state index in [1.807, 2.05) is 24.4 Å². The maximum Gasteiger partial charge on any atom is 0.225 e. The monoisotopic (exact) mass is 442 g/mol. The van der Waals surface area contributed by atoms with Crippen molar-refractivity contribution in [3.8, 4) is 11.3 Å². The molecule has 0 saturated carbocycles. The second-order valence-electron chi connectivity index (χ2n) is 4.18. The van der Waals surface area contributed by atoms with Crippen LogP contribution in [-0.4, -0.2) is 9.78 Å². The van der Waals surface area contributed by atoms with Gasteiger partial charge in [-0.3, -0.25) is 0 Å². The third-order valence-electron chi connectivity index (χ3n) is 2.89. The van der Waals surface area contributed by atoms with Crippen LogP contribution in [-0.2, 0) is 2.27 Å². The minimum absolute atomic E-state index is 0.540. The first-order chi connectivity index (χ1) is 9.04. The number of hydrogen-bond donors (Lipinski definition) is 0. The van der Waals surface area contributed by atoms with Crippen molar-refractivity contribution in [1.29, 1.82) is 0 Å². The maximum atomic E-state index is 4.53. The van der Waals surface area contributed by atoms with Gasteiger partial charge >= 0.3 is 0 Å². The number of nitrogens with zero attached hydrogens (tertiary/aromatic N) is 2. The van der Waals surface area contributed by atoms with Gasteiger partial charge in [-0.15, -0.1) is 0 Å². The van der Waals surface area contributed by atoms with Gasteiger partial charge in [0.1, 0.15) is 0 Å². The van der Waals surface area contributed by atoms with Gasteiger partial charge in [-0.25, -0.2) is 4.68 Å². The van der Waals surface area contributed by atoms with Gasteiger partial charge in [-0.05, 0) is 70.7 Å². The first kappa shape index (κ1) is 13.3. The smallest absolute Gasteiger partial charge is 0.225 e. The summed E-state index contributed by atoms with van der Waals surface area (Å²) in [5.74, 6) is 0. The van der Waals surface area contributed by atoms with Gasteiger partial charge in [0.15, 0.2) is 0 Å². The molecule has 0 amide bonds. The van der Waals surface area contributed by atoms with Crippen molar-refractivity contribution >= 4 is 58.6 Å². The second-order valence-corrected chi connectivity index (χ2v) is 10.8. The van der Waals surface area contributed by atoms with Crippen LogP contribution in [0.5, 0.6) is 0 Å². The first-order valence-electron chi connectivity index (χ1n) is 5.66. The Labute approximate surface area is 136 Å². The molecule has 0 aliphatic carbocycles. The molecule has 3 aromatic rings. The van der Waals surface area contributed by atoms with Crippen molar-refractivity contribution in [1.82, 2.24) is 9.78 Å². The van der Waals surface area contributed by atoms with Crippen LogP contribution < -0.4 is 0 Å². The van der Waals surface area contributed by atoms with Crippen molar-refractivity contribution in [3.63, 3.8) is 0 Å². The highest BCUT2D eigenvalue weighted by Gasteiger charge is 2.21. The molecule has 0 spiro atoms. The summed E-state index contributed by atoms with van der Waals surface area (Å²) >= 11 is 10.3. The Kier molecular flexibility index (Phi) is 3.53. The summed E-state index contributed by atoms with van der Waals surface area (Å²) in [6.45, 7) is 0. The number of hydrogen-bond acceptors (Lipinski definition) is 1. The van der Waals surface area contributed by atoms with E-state index in [9.17, 15) is 0 Å². The highest BCUT2D eigenvalue weighted by Crippen LogP contribution is 2.39. The van der Waals surface area contributed by atoms with Gasteiger partial charge in [0, 0.05) is 11.8 Å². The molecule has 5 heteroatoms. The molecule has 0 aliphatic rings. The molecular weight excluding hydrogens is 436 g/mol. The average molecular weight is 445 g/mol. The zero-order valence-corrected chi connectivity index (χ0v) is 14.5. The molecule has 0 fully saturated rings. The van der Waals surface area contributed by atoms with Crippen LogP contribution in [0.15, 0.2) is 54.7 Å². The van der Waals surface area contributed by atoms with Gasteiger partial charge in [-0.1, -0.05) is 36.4 Å². The second kappa shape index (κ2) is 5.04. The average Bonchev–Trinajstić information content (AvgIpc) is 2.87. The Morgan fingerprint density at radius 2 is 1.63 bits per heavy atom. The molecule has 0 aliphatic heterocycles. The van der Waals surface area contributed by atoms with Crippen molar-refractivity contribution in [2.75, 3.05) is 0 Å². The van der Waals surface area contributed by atoms with Gasteiger partial charge in [0.25, 0.3) is 0 Å². The van der Waals surface area contributed by atoms with E-state index in [1.54, 1.807) is 4.68 Å². The van der Waals surface area contributed by atoms with E-state index in [-0.39, 0.29) is 0 Å². The first-order valence-corrected chi connectivity index (χ1v) is 8.04. The highest BCUT2D eigenvalue weighted by molar-refractivity contribution is 9.38. The summed E-state index contributed by atoms with van der Waals surface area (Å²) in [6, 6.07) is 16.7. The Hall–Kier alpha value is -0.650. The number of benzene rings is 2. The standard InChI is InChI=1S/C14H9Br3N2/c15-14(16,17)19-8-7-13(18-19)12-6-5-10-3-1-2-4-11(10)9-12/h1-9H. The number of halogens is 3. The number of rotatable bonds is 1. The van der Waals surface area contributed by atoms with Gasteiger partial charge in [0.2, 0.25) is 2.27 Å². The quantitative estimate of drug-likeness (QED) is 0.456. The molecule has 0 atom stereocenters. The number of fused-ring (bicyclic) bond motifs is 1. The predicted octanol–water partition coefficient (Wildman–Crippen LogP) is 5.46. The van der Waals surface area contributed by atoms with Crippen molar-refractivity contribution in [3.05, 3.63) is 54.7 Å². The summed E-state index contributed by atoms with van der Waals surface area (Å²) in [5.41, 5.74) is 2.04. The van der Waals surface area contributed by atoms with E-state index >= 15 is 0 Å². The lowest BCUT2D eigenvalue weighted by Gasteiger charge is -2.11.